The van der Waals surface area contributed by atoms with Crippen molar-refractivity contribution in [2.24, 2.45) is 0 Å². The van der Waals surface area contributed by atoms with Crippen LogP contribution in [0, 0.1) is 0 Å². The van der Waals surface area contributed by atoms with Crippen LogP contribution in [0.25, 0.3) is 17.1 Å². The summed E-state index contributed by atoms with van der Waals surface area (Å²) in [6.45, 7) is 3.89. The maximum absolute atomic E-state index is 12.3. The van der Waals surface area contributed by atoms with E-state index in [2.05, 4.69) is 40.5 Å². The van der Waals surface area contributed by atoms with Crippen LogP contribution in [0.3, 0.4) is 0 Å². The van der Waals surface area contributed by atoms with Gasteiger partial charge in [0.25, 0.3) is 0 Å². The van der Waals surface area contributed by atoms with Crippen LogP contribution in [0.1, 0.15) is 24.0 Å². The highest BCUT2D eigenvalue weighted by atomic mass is 32.2. The van der Waals surface area contributed by atoms with Crippen LogP contribution in [0.15, 0.2) is 78.2 Å². The topological polar surface area (TPSA) is 72.9 Å². The Balaban J connectivity index is 1.66. The fourth-order valence-corrected chi connectivity index (χ4v) is 5.06. The van der Waals surface area contributed by atoms with Crippen molar-refractivity contribution in [2.45, 2.75) is 23.3 Å². The second-order valence-corrected chi connectivity index (χ2v) is 11.0. The van der Waals surface area contributed by atoms with E-state index in [-0.39, 0.29) is 5.54 Å². The van der Waals surface area contributed by atoms with Crippen molar-refractivity contribution in [3.63, 3.8) is 0 Å². The van der Waals surface area contributed by atoms with Gasteiger partial charge < -0.3 is 11.1 Å². The third-order valence-electron chi connectivity index (χ3n) is 6.14. The van der Waals surface area contributed by atoms with E-state index in [0.717, 1.165) is 57.2 Å². The minimum absolute atomic E-state index is 0.233. The number of nitrogens with one attached hydrogen (secondary N) is 1. The zero-order chi connectivity index (χ0) is 22.5. The number of imidazole rings is 1. The second kappa shape index (κ2) is 7.28. The van der Waals surface area contributed by atoms with Crippen molar-refractivity contribution >= 4 is 49.8 Å². The van der Waals surface area contributed by atoms with Crippen molar-refractivity contribution in [3.8, 4) is 0 Å². The number of para-hydroxylation sites is 1. The molecule has 0 radical (unpaired) electrons. The highest BCUT2D eigenvalue weighted by Crippen LogP contribution is 2.54. The number of nitrogens with two attached hydrogens (primary N) is 1. The third-order valence-corrected chi connectivity index (χ3v) is 7.41. The first kappa shape index (κ1) is 20.4. The molecule has 162 valence electrons. The Morgan fingerprint density at radius 2 is 1.84 bits per heavy atom. The van der Waals surface area contributed by atoms with Gasteiger partial charge in [-0.1, -0.05) is 36.9 Å². The summed E-state index contributed by atoms with van der Waals surface area (Å²) in [4.78, 5) is 5.67. The predicted octanol–water partition coefficient (Wildman–Crippen LogP) is 5.25. The van der Waals surface area contributed by atoms with Gasteiger partial charge in [0.1, 0.15) is 0 Å². The van der Waals surface area contributed by atoms with Crippen molar-refractivity contribution in [1.29, 1.82) is 0 Å². The van der Waals surface area contributed by atoms with Gasteiger partial charge in [0, 0.05) is 28.1 Å². The average molecular weight is 443 g/mol. The predicted molar refractivity (Wildman–Crippen MR) is 136 cm³/mol. The molecule has 32 heavy (non-hydrogen) atoms. The molecule has 1 atom stereocenters. The van der Waals surface area contributed by atoms with Gasteiger partial charge in [0.2, 0.25) is 5.95 Å². The number of aromatic nitrogens is 2. The molecule has 3 N–H and O–H groups in total. The van der Waals surface area contributed by atoms with Gasteiger partial charge in [-0.15, -0.1) is 0 Å². The molecule has 1 fully saturated rings. The first-order chi connectivity index (χ1) is 15.3. The van der Waals surface area contributed by atoms with Crippen molar-refractivity contribution in [3.05, 3.63) is 84.4 Å². The van der Waals surface area contributed by atoms with E-state index in [1.54, 1.807) is 6.26 Å². The van der Waals surface area contributed by atoms with E-state index in [9.17, 15) is 4.21 Å². The van der Waals surface area contributed by atoms with E-state index < -0.39 is 9.52 Å². The molecule has 5 nitrogen and oxygen atoms in total. The lowest BCUT2D eigenvalue weighted by Crippen LogP contribution is -2.21. The molecule has 1 saturated carbocycles. The molecule has 4 aromatic rings. The van der Waals surface area contributed by atoms with Crippen molar-refractivity contribution < 1.29 is 4.21 Å². The Morgan fingerprint density at radius 3 is 2.47 bits per heavy atom. The SMILES string of the molecule is C=Cc1ccc2c(c1)nc(Nc1ccc(S(=C)(C)=O)cc1)n2C1(c2ccccc2N)CC1. The van der Waals surface area contributed by atoms with E-state index in [0.29, 0.717) is 0 Å². The van der Waals surface area contributed by atoms with Crippen LogP contribution < -0.4 is 11.1 Å². The molecule has 6 heteroatoms. The van der Waals surface area contributed by atoms with E-state index in [1.165, 1.54) is 0 Å². The van der Waals surface area contributed by atoms with Crippen LogP contribution in [0.2, 0.25) is 0 Å². The molecule has 0 bridgehead atoms. The molecule has 1 aliphatic carbocycles. The quantitative estimate of drug-likeness (QED) is 0.316. The minimum Gasteiger partial charge on any atom is -0.398 e. The smallest absolute Gasteiger partial charge is 0.209 e. The zero-order valence-corrected chi connectivity index (χ0v) is 18.9. The summed E-state index contributed by atoms with van der Waals surface area (Å²) < 4.78 is 14.5. The summed E-state index contributed by atoms with van der Waals surface area (Å²) in [5, 5.41) is 3.49. The molecule has 0 aliphatic heterocycles. The number of rotatable bonds is 6. The Labute approximate surface area is 188 Å². The van der Waals surface area contributed by atoms with Crippen LogP contribution in [-0.2, 0) is 15.1 Å². The lowest BCUT2D eigenvalue weighted by atomic mass is 10.0. The maximum Gasteiger partial charge on any atom is 0.209 e. The lowest BCUT2D eigenvalue weighted by Gasteiger charge is -2.23. The first-order valence-corrected chi connectivity index (χ1v) is 12.7. The number of anilines is 3. The Morgan fingerprint density at radius 1 is 1.12 bits per heavy atom. The van der Waals surface area contributed by atoms with Crippen LogP contribution >= 0.6 is 0 Å². The van der Waals surface area contributed by atoms with Crippen LogP contribution in [-0.4, -0.2) is 25.9 Å². The van der Waals surface area contributed by atoms with E-state index >= 15 is 0 Å². The number of fused-ring (bicyclic) bond motifs is 1. The van der Waals surface area contributed by atoms with Gasteiger partial charge >= 0.3 is 0 Å². The number of hydrogen-bond acceptors (Lipinski definition) is 4. The minimum atomic E-state index is -2.25. The van der Waals surface area contributed by atoms with E-state index in [1.807, 2.05) is 54.6 Å². The fraction of sp³-hybridized carbons (Fsp3) is 0.154. The van der Waals surface area contributed by atoms with Gasteiger partial charge in [0.15, 0.2) is 0 Å². The molecule has 0 amide bonds. The first-order valence-electron chi connectivity index (χ1n) is 10.5. The van der Waals surface area contributed by atoms with Crippen LogP contribution in [0.5, 0.6) is 0 Å². The highest BCUT2D eigenvalue weighted by Gasteiger charge is 2.49. The molecular formula is C26H26N4OS. The number of nitrogen functional groups attached to an aromatic ring is 1. The number of hydrogen-bond donors (Lipinski definition) is 2. The van der Waals surface area contributed by atoms with Gasteiger partial charge in [-0.25, -0.2) is 4.98 Å². The summed E-state index contributed by atoms with van der Waals surface area (Å²) in [7, 11) is -2.25. The highest BCUT2D eigenvalue weighted by molar-refractivity contribution is 7.99. The fourth-order valence-electron chi connectivity index (χ4n) is 4.35. The molecule has 1 aliphatic rings. The van der Waals surface area contributed by atoms with Crippen molar-refractivity contribution in [2.75, 3.05) is 17.3 Å². The third kappa shape index (κ3) is 3.37. The summed E-state index contributed by atoms with van der Waals surface area (Å²) in [6.07, 6.45) is 5.45. The van der Waals surface area contributed by atoms with Crippen molar-refractivity contribution in [1.82, 2.24) is 9.55 Å². The summed E-state index contributed by atoms with van der Waals surface area (Å²) >= 11 is 0. The van der Waals surface area contributed by atoms with Gasteiger partial charge in [-0.05, 0) is 76.3 Å². The Bertz CT molecular complexity index is 1450. The molecule has 1 heterocycles. The molecule has 0 saturated heterocycles. The second-order valence-electron chi connectivity index (χ2n) is 8.50. The largest absolute Gasteiger partial charge is 0.398 e. The molecular weight excluding hydrogens is 416 g/mol. The monoisotopic (exact) mass is 442 g/mol. The number of nitrogens with zero attached hydrogens (tertiary/aromatic N) is 2. The standard InChI is InChI=1S/C26H26N4OS/c1-4-18-9-14-24-23(17-18)29-25(28-19-10-12-20(13-11-19)32(2,3)31)30(24)26(15-16-26)21-7-5-6-8-22(21)27/h4-14,17H,1-2,15-16,27H2,3H3,(H,28,29). The van der Waals surface area contributed by atoms with Gasteiger partial charge in [-0.3, -0.25) is 8.78 Å². The average Bonchev–Trinajstić information content (AvgIpc) is 3.48. The summed E-state index contributed by atoms with van der Waals surface area (Å²) in [5.41, 5.74) is 11.9. The Hall–Kier alpha value is -3.51. The molecule has 3 aromatic carbocycles. The lowest BCUT2D eigenvalue weighted by molar-refractivity contribution is 0.601. The van der Waals surface area contributed by atoms with Crippen LogP contribution in [0.4, 0.5) is 17.3 Å². The summed E-state index contributed by atoms with van der Waals surface area (Å²) in [5.74, 6) is 4.52. The maximum atomic E-state index is 12.3. The summed E-state index contributed by atoms with van der Waals surface area (Å²) in [6, 6.07) is 21.8. The van der Waals surface area contributed by atoms with Gasteiger partial charge in [0.05, 0.1) is 16.6 Å². The van der Waals surface area contributed by atoms with Gasteiger partial charge in [-0.2, -0.15) is 0 Å². The molecule has 5 rings (SSSR count). The molecule has 0 spiro atoms. The number of benzene rings is 3. The molecule has 1 unspecified atom stereocenters. The Kier molecular flexibility index (Phi) is 4.64. The zero-order valence-electron chi connectivity index (χ0n) is 18.0. The van der Waals surface area contributed by atoms with E-state index in [4.69, 9.17) is 10.7 Å². The normalized spacial score (nSPS) is 16.4. The molecule has 1 aromatic heterocycles.